The average Bonchev–Trinajstić information content (AvgIpc) is 1.67. The fraction of sp³-hybridized carbons (Fsp3) is 0.667. The van der Waals surface area contributed by atoms with Gasteiger partial charge in [-0.3, -0.25) is 4.89 Å². The zero-order valence-electron chi connectivity index (χ0n) is 5.13. The summed E-state index contributed by atoms with van der Waals surface area (Å²) < 4.78 is 3.43. The number of hydrogen-bond acceptors (Lipinski definition) is 4. The molecule has 1 unspecified atom stereocenters. The van der Waals surface area contributed by atoms with Gasteiger partial charge in [0.1, 0.15) is 11.9 Å². The summed E-state index contributed by atoms with van der Waals surface area (Å²) in [6, 6.07) is 0. The summed E-state index contributed by atoms with van der Waals surface area (Å²) >= 11 is 4.49. The van der Waals surface area contributed by atoms with Gasteiger partial charge in [-0.25, -0.2) is 4.79 Å². The van der Waals surface area contributed by atoms with Crippen LogP contribution >= 0.6 is 11.9 Å². The molecule has 0 aromatic rings. The van der Waals surface area contributed by atoms with Gasteiger partial charge in [0, 0.05) is 29.6 Å². The third-order valence-corrected chi connectivity index (χ3v) is 0.518. The molecule has 10 heavy (non-hydrogen) atoms. The number of aliphatic hydroxyl groups excluding tert-OH is 1. The Morgan fingerprint density at radius 1 is 1.70 bits per heavy atom. The summed E-state index contributed by atoms with van der Waals surface area (Å²) in [5.74, 6) is -0.917. The van der Waals surface area contributed by atoms with E-state index in [1.54, 1.807) is 0 Å². The fourth-order valence-corrected chi connectivity index (χ4v) is 0.163. The predicted molar refractivity (Wildman–Crippen MR) is 40.4 cm³/mol. The Morgan fingerprint density at radius 3 is 2.20 bits per heavy atom. The molecule has 0 spiro atoms. The van der Waals surface area contributed by atoms with Crippen molar-refractivity contribution in [1.29, 1.82) is 0 Å². The molecule has 0 aliphatic carbocycles. The molecule has 0 aliphatic rings. The van der Waals surface area contributed by atoms with E-state index in [9.17, 15) is 4.79 Å². The third kappa shape index (κ3) is 9.21. The minimum Gasteiger partial charge on any atom is -0.382 e. The number of halogens is 1. The van der Waals surface area contributed by atoms with Gasteiger partial charge < -0.3 is 5.11 Å². The van der Waals surface area contributed by atoms with Crippen LogP contribution < -0.4 is 0 Å². The molecule has 0 saturated carbocycles. The maximum absolute atomic E-state index is 10.1. The van der Waals surface area contributed by atoms with Crippen LogP contribution in [-0.2, 0) is 14.1 Å². The van der Waals surface area contributed by atoms with Crippen LogP contribution in [0.25, 0.3) is 0 Å². The number of hydrogen-bond donors (Lipinski definition) is 1. The molecule has 1 radical (unpaired) electrons. The van der Waals surface area contributed by atoms with E-state index >= 15 is 0 Å². The first-order valence-corrected chi connectivity index (χ1v) is 2.16. The minimum absolute atomic E-state index is 0. The van der Waals surface area contributed by atoms with Gasteiger partial charge in [-0.2, -0.15) is 0 Å². The summed E-state index contributed by atoms with van der Waals surface area (Å²) in [6.45, 7) is 1.23. The molecular formula is C3H8AlClNaO4. The molecule has 0 fully saturated rings. The van der Waals surface area contributed by atoms with Crippen molar-refractivity contribution in [2.24, 2.45) is 0 Å². The normalized spacial score (nSPS) is 10.3. The monoisotopic (exact) mass is 193 g/mol. The van der Waals surface area contributed by atoms with E-state index in [2.05, 4.69) is 21.2 Å². The molecule has 1 N–H and O–H groups in total. The van der Waals surface area contributed by atoms with Gasteiger partial charge in [-0.05, 0) is 6.92 Å². The van der Waals surface area contributed by atoms with Crippen molar-refractivity contribution in [1.82, 2.24) is 0 Å². The average molecular weight is 194 g/mol. The number of aliphatic hydroxyl groups is 1. The zero-order chi connectivity index (χ0) is 6.57. The van der Waals surface area contributed by atoms with Crippen molar-refractivity contribution in [2.75, 3.05) is 0 Å². The summed E-state index contributed by atoms with van der Waals surface area (Å²) in [7, 11) is 0. The molecule has 4 nitrogen and oxygen atoms in total. The Morgan fingerprint density at radius 2 is 2.10 bits per heavy atom. The number of carbonyl (C=O) groups excluding carboxylic acids is 1. The van der Waals surface area contributed by atoms with Crippen LogP contribution in [-0.4, -0.2) is 64.1 Å². The smallest absolute Gasteiger partial charge is 0.372 e. The van der Waals surface area contributed by atoms with Crippen molar-refractivity contribution in [3.05, 3.63) is 0 Å². The van der Waals surface area contributed by atoms with Gasteiger partial charge in [0.05, 0.1) is 0 Å². The van der Waals surface area contributed by atoms with Crippen molar-refractivity contribution < 1.29 is 19.2 Å². The first-order chi connectivity index (χ1) is 3.68. The molecule has 0 amide bonds. The van der Waals surface area contributed by atoms with Crippen LogP contribution in [0.2, 0.25) is 0 Å². The Kier molecular flexibility index (Phi) is 17.7. The van der Waals surface area contributed by atoms with Gasteiger partial charge in [0.25, 0.3) is 0 Å². The first kappa shape index (κ1) is 17.3. The summed E-state index contributed by atoms with van der Waals surface area (Å²) in [5.41, 5.74) is 0. The first-order valence-electron chi connectivity index (χ1n) is 1.85. The maximum atomic E-state index is 10.1. The summed E-state index contributed by atoms with van der Waals surface area (Å²) in [5, 5.41) is 8.34. The largest absolute Gasteiger partial charge is 0.382 e. The van der Waals surface area contributed by atoms with E-state index in [1.807, 2.05) is 0 Å². The molecule has 1 atom stereocenters. The maximum Gasteiger partial charge on any atom is 0.372 e. The van der Waals surface area contributed by atoms with E-state index in [-0.39, 0.29) is 46.9 Å². The third-order valence-electron chi connectivity index (χ3n) is 0.455. The Balaban J connectivity index is -0.000000245. The topological polar surface area (TPSA) is 55.8 Å². The molecule has 55 valence electrons. The SMILES string of the molecule is CC(O)C(=O)OOCl.[AlH3].[Na]. The van der Waals surface area contributed by atoms with Gasteiger partial charge >= 0.3 is 5.97 Å². The summed E-state index contributed by atoms with van der Waals surface area (Å²) in [6.07, 6.45) is -1.20. The van der Waals surface area contributed by atoms with Gasteiger partial charge in [-0.15, -0.1) is 0 Å². The number of rotatable bonds is 2. The van der Waals surface area contributed by atoms with Gasteiger partial charge in [0.15, 0.2) is 23.5 Å². The molecule has 0 saturated heterocycles. The standard InChI is InChI=1S/C3H5ClO4.Al.Na.3H/c1-2(5)3(6)7-8-4;;;;;/h2,5H,1H3;;;;;. The quantitative estimate of drug-likeness (QED) is 0.327. The van der Waals surface area contributed by atoms with Crippen LogP contribution in [0.3, 0.4) is 0 Å². The van der Waals surface area contributed by atoms with Crippen molar-refractivity contribution >= 4 is 64.8 Å². The molecular weight excluding hydrogens is 185 g/mol. The zero-order valence-corrected chi connectivity index (χ0v) is 7.88. The van der Waals surface area contributed by atoms with Gasteiger partial charge in [0.2, 0.25) is 0 Å². The van der Waals surface area contributed by atoms with Crippen LogP contribution in [0.5, 0.6) is 0 Å². The van der Waals surface area contributed by atoms with Crippen LogP contribution in [0.4, 0.5) is 0 Å². The number of carbonyl (C=O) groups is 1. The molecule has 0 rings (SSSR count). The van der Waals surface area contributed by atoms with E-state index < -0.39 is 12.1 Å². The Hall–Kier alpha value is 1.21. The molecule has 0 aromatic heterocycles. The van der Waals surface area contributed by atoms with E-state index in [0.29, 0.717) is 0 Å². The van der Waals surface area contributed by atoms with Crippen LogP contribution in [0.1, 0.15) is 6.92 Å². The molecule has 0 bridgehead atoms. The molecule has 0 aliphatic heterocycles. The second-order valence-corrected chi connectivity index (χ2v) is 1.27. The van der Waals surface area contributed by atoms with Gasteiger partial charge in [-0.1, -0.05) is 4.44 Å². The van der Waals surface area contributed by atoms with Crippen LogP contribution in [0.15, 0.2) is 0 Å². The molecule has 7 heteroatoms. The Bertz CT molecular complexity index is 90.6. The summed E-state index contributed by atoms with van der Waals surface area (Å²) in [4.78, 5) is 13.7. The second kappa shape index (κ2) is 10.2. The minimum atomic E-state index is -1.20. The van der Waals surface area contributed by atoms with Crippen LogP contribution in [0, 0.1) is 0 Å². The van der Waals surface area contributed by atoms with E-state index in [4.69, 9.17) is 5.11 Å². The van der Waals surface area contributed by atoms with Crippen molar-refractivity contribution in [2.45, 2.75) is 13.0 Å². The van der Waals surface area contributed by atoms with E-state index in [1.165, 1.54) is 6.92 Å². The predicted octanol–water partition coefficient (Wildman–Crippen LogP) is -1.57. The molecule has 0 heterocycles. The van der Waals surface area contributed by atoms with E-state index in [0.717, 1.165) is 0 Å². The molecule has 0 aromatic carbocycles. The van der Waals surface area contributed by atoms with Crippen molar-refractivity contribution in [3.8, 4) is 0 Å². The fourth-order valence-electron chi connectivity index (χ4n) is 0.101. The second-order valence-electron chi connectivity index (χ2n) is 1.14. The Labute approximate surface area is 96.3 Å². The van der Waals surface area contributed by atoms with Crippen molar-refractivity contribution in [3.63, 3.8) is 0 Å².